The maximum Gasteiger partial charge on any atom is 0.262 e. The van der Waals surface area contributed by atoms with Crippen LogP contribution in [0.5, 0.6) is 0 Å². The summed E-state index contributed by atoms with van der Waals surface area (Å²) in [7, 11) is 0. The number of primary amides is 1. The molecule has 1 aromatic heterocycles. The van der Waals surface area contributed by atoms with Crippen LogP contribution >= 0.6 is 0 Å². The lowest BCUT2D eigenvalue weighted by molar-refractivity contribution is 0.0965. The molecule has 20 heavy (non-hydrogen) atoms. The van der Waals surface area contributed by atoms with Crippen LogP contribution in [0.2, 0.25) is 0 Å². The van der Waals surface area contributed by atoms with Crippen LogP contribution in [-0.2, 0) is 0 Å². The molecule has 1 amide bonds. The van der Waals surface area contributed by atoms with Gasteiger partial charge in [0.15, 0.2) is 0 Å². The Morgan fingerprint density at radius 1 is 0.900 bits per heavy atom. The molecule has 0 aliphatic carbocycles. The summed E-state index contributed by atoms with van der Waals surface area (Å²) in [6, 6.07) is 16.1. The smallest absolute Gasteiger partial charge is 0.262 e. The molecule has 0 atom stereocenters. The van der Waals surface area contributed by atoms with Crippen LogP contribution in [0, 0.1) is 0 Å². The van der Waals surface area contributed by atoms with E-state index >= 15 is 0 Å². The van der Waals surface area contributed by atoms with Crippen LogP contribution in [0.3, 0.4) is 0 Å². The molecule has 0 unspecified atom stereocenters. The number of carbonyl (C=O) groups excluding carboxylic acids is 2. The fourth-order valence-electron chi connectivity index (χ4n) is 2.26. The van der Waals surface area contributed by atoms with E-state index in [1.165, 1.54) is 10.8 Å². The molecule has 0 bridgehead atoms. The molecular formula is C16H12N2O2. The maximum atomic E-state index is 12.5. The van der Waals surface area contributed by atoms with Gasteiger partial charge in [-0.25, -0.2) is 0 Å². The van der Waals surface area contributed by atoms with Crippen molar-refractivity contribution in [3.63, 3.8) is 0 Å². The highest BCUT2D eigenvalue weighted by Crippen LogP contribution is 2.22. The van der Waals surface area contributed by atoms with Gasteiger partial charge in [-0.3, -0.25) is 14.2 Å². The fraction of sp³-hybridized carbons (Fsp3) is 0. The van der Waals surface area contributed by atoms with Gasteiger partial charge in [0.1, 0.15) is 0 Å². The molecule has 0 saturated heterocycles. The fourth-order valence-corrected chi connectivity index (χ4v) is 2.26. The highest BCUT2D eigenvalue weighted by Gasteiger charge is 2.17. The first-order valence-electron chi connectivity index (χ1n) is 6.18. The third kappa shape index (κ3) is 1.87. The maximum absolute atomic E-state index is 12.5. The van der Waals surface area contributed by atoms with E-state index in [-0.39, 0.29) is 5.91 Å². The molecule has 0 spiro atoms. The molecule has 0 fully saturated rings. The highest BCUT2D eigenvalue weighted by atomic mass is 16.2. The molecule has 4 heteroatoms. The number of hydrogen-bond acceptors (Lipinski definition) is 2. The van der Waals surface area contributed by atoms with Crippen molar-refractivity contribution in [2.24, 2.45) is 5.73 Å². The predicted molar refractivity (Wildman–Crippen MR) is 76.6 cm³/mol. The molecule has 0 aliphatic rings. The lowest BCUT2D eigenvalue weighted by Gasteiger charge is -2.03. The van der Waals surface area contributed by atoms with Gasteiger partial charge in [0.05, 0.1) is 11.1 Å². The zero-order valence-corrected chi connectivity index (χ0v) is 10.6. The average Bonchev–Trinajstić information content (AvgIpc) is 2.87. The van der Waals surface area contributed by atoms with Crippen molar-refractivity contribution in [2.75, 3.05) is 0 Å². The van der Waals surface area contributed by atoms with Crippen LogP contribution in [0.4, 0.5) is 0 Å². The van der Waals surface area contributed by atoms with Crippen molar-refractivity contribution < 1.29 is 9.59 Å². The third-order valence-corrected chi connectivity index (χ3v) is 3.22. The van der Waals surface area contributed by atoms with E-state index in [0.29, 0.717) is 22.0 Å². The predicted octanol–water partition coefficient (Wildman–Crippen LogP) is 2.43. The van der Waals surface area contributed by atoms with E-state index in [0.717, 1.165) is 0 Å². The molecule has 0 radical (unpaired) electrons. The molecule has 0 aliphatic heterocycles. The summed E-state index contributed by atoms with van der Waals surface area (Å²) in [5, 5.41) is 0.685. The third-order valence-electron chi connectivity index (χ3n) is 3.22. The normalized spacial score (nSPS) is 10.6. The van der Waals surface area contributed by atoms with E-state index in [1.807, 2.05) is 18.2 Å². The number of aromatic nitrogens is 1. The van der Waals surface area contributed by atoms with E-state index < -0.39 is 5.91 Å². The Hall–Kier alpha value is -2.88. The Morgan fingerprint density at radius 3 is 2.25 bits per heavy atom. The monoisotopic (exact) mass is 264 g/mol. The van der Waals surface area contributed by atoms with Gasteiger partial charge in [-0.2, -0.15) is 0 Å². The summed E-state index contributed by atoms with van der Waals surface area (Å²) in [6.45, 7) is 0. The number of fused-ring (bicyclic) bond motifs is 1. The minimum absolute atomic E-state index is 0.186. The van der Waals surface area contributed by atoms with Crippen molar-refractivity contribution >= 4 is 22.7 Å². The van der Waals surface area contributed by atoms with E-state index in [2.05, 4.69) is 0 Å². The van der Waals surface area contributed by atoms with Gasteiger partial charge < -0.3 is 5.73 Å². The van der Waals surface area contributed by atoms with Crippen molar-refractivity contribution in [2.45, 2.75) is 0 Å². The van der Waals surface area contributed by atoms with Gasteiger partial charge in [0.25, 0.3) is 11.8 Å². The SMILES string of the molecule is NC(=O)c1cn(C(=O)c2ccccc2)c2ccccc12. The van der Waals surface area contributed by atoms with Crippen molar-refractivity contribution in [1.29, 1.82) is 0 Å². The summed E-state index contributed by atoms with van der Waals surface area (Å²) in [5.41, 5.74) is 6.96. The minimum atomic E-state index is -0.541. The van der Waals surface area contributed by atoms with E-state index in [9.17, 15) is 9.59 Å². The van der Waals surface area contributed by atoms with Gasteiger partial charge in [-0.05, 0) is 18.2 Å². The van der Waals surface area contributed by atoms with Crippen LogP contribution < -0.4 is 5.73 Å². The molecule has 3 rings (SSSR count). The topological polar surface area (TPSA) is 65.1 Å². The Kier molecular flexibility index (Phi) is 2.84. The summed E-state index contributed by atoms with van der Waals surface area (Å²) >= 11 is 0. The molecule has 2 aromatic carbocycles. The first-order valence-corrected chi connectivity index (χ1v) is 6.18. The Labute approximate surface area is 115 Å². The second-order valence-corrected chi connectivity index (χ2v) is 4.47. The quantitative estimate of drug-likeness (QED) is 0.772. The van der Waals surface area contributed by atoms with Gasteiger partial charge in [-0.15, -0.1) is 0 Å². The highest BCUT2D eigenvalue weighted by molar-refractivity contribution is 6.10. The number of carbonyl (C=O) groups is 2. The average molecular weight is 264 g/mol. The standard InChI is InChI=1S/C16H12N2O2/c17-15(19)13-10-18(14-9-5-4-8-12(13)14)16(20)11-6-2-1-3-7-11/h1-10H,(H2,17,19). The van der Waals surface area contributed by atoms with Crippen LogP contribution in [0.15, 0.2) is 60.8 Å². The molecule has 98 valence electrons. The molecule has 1 heterocycles. The zero-order chi connectivity index (χ0) is 14.1. The number of benzene rings is 2. The van der Waals surface area contributed by atoms with E-state index in [1.54, 1.807) is 36.4 Å². The lowest BCUT2D eigenvalue weighted by Crippen LogP contribution is -2.12. The second-order valence-electron chi connectivity index (χ2n) is 4.47. The van der Waals surface area contributed by atoms with Crippen LogP contribution in [0.1, 0.15) is 20.7 Å². The van der Waals surface area contributed by atoms with Crippen molar-refractivity contribution in [3.05, 3.63) is 71.9 Å². The molecular weight excluding hydrogens is 252 g/mol. The molecule has 2 N–H and O–H groups in total. The van der Waals surface area contributed by atoms with Crippen LogP contribution in [0.25, 0.3) is 10.9 Å². The lowest BCUT2D eigenvalue weighted by atomic mass is 10.2. The molecule has 3 aromatic rings. The number of amides is 1. The Balaban J connectivity index is 2.22. The summed E-state index contributed by atoms with van der Waals surface area (Å²) in [4.78, 5) is 24.0. The van der Waals surface area contributed by atoms with E-state index in [4.69, 9.17) is 5.73 Å². The molecule has 0 saturated carbocycles. The van der Waals surface area contributed by atoms with Gasteiger partial charge in [-0.1, -0.05) is 36.4 Å². The number of nitrogens with zero attached hydrogens (tertiary/aromatic N) is 1. The number of para-hydroxylation sites is 1. The number of rotatable bonds is 2. The number of hydrogen-bond donors (Lipinski definition) is 1. The van der Waals surface area contributed by atoms with Gasteiger partial charge in [0.2, 0.25) is 0 Å². The number of nitrogens with two attached hydrogens (primary N) is 1. The van der Waals surface area contributed by atoms with Gasteiger partial charge in [0, 0.05) is 17.1 Å². The minimum Gasteiger partial charge on any atom is -0.366 e. The summed E-state index contributed by atoms with van der Waals surface area (Å²) < 4.78 is 1.46. The first kappa shape index (κ1) is 12.2. The zero-order valence-electron chi connectivity index (χ0n) is 10.6. The molecule has 4 nitrogen and oxygen atoms in total. The van der Waals surface area contributed by atoms with Gasteiger partial charge >= 0.3 is 0 Å². The summed E-state index contributed by atoms with van der Waals surface area (Å²) in [6.07, 6.45) is 1.50. The first-order chi connectivity index (χ1) is 9.68. The summed E-state index contributed by atoms with van der Waals surface area (Å²) in [5.74, 6) is -0.727. The van der Waals surface area contributed by atoms with Crippen molar-refractivity contribution in [1.82, 2.24) is 4.57 Å². The van der Waals surface area contributed by atoms with Crippen LogP contribution in [-0.4, -0.2) is 16.4 Å². The Bertz CT molecular complexity index is 804. The van der Waals surface area contributed by atoms with Crippen molar-refractivity contribution in [3.8, 4) is 0 Å². The Morgan fingerprint density at radius 2 is 1.55 bits per heavy atom. The second kappa shape index (κ2) is 4.66. The largest absolute Gasteiger partial charge is 0.366 e.